The summed E-state index contributed by atoms with van der Waals surface area (Å²) >= 11 is 0. The summed E-state index contributed by atoms with van der Waals surface area (Å²) in [6.45, 7) is -0.577. The fourth-order valence-electron chi connectivity index (χ4n) is 3.67. The number of nitrogens with zero attached hydrogens (tertiary/aromatic N) is 1. The normalized spacial score (nSPS) is 11.5. The van der Waals surface area contributed by atoms with Gasteiger partial charge in [0.25, 0.3) is 0 Å². The van der Waals surface area contributed by atoms with E-state index in [-0.39, 0.29) is 28.3 Å². The van der Waals surface area contributed by atoms with Gasteiger partial charge in [0.1, 0.15) is 11.3 Å². The number of hydrogen-bond acceptors (Lipinski definition) is 5. The maximum Gasteiger partial charge on any atom is 0.392 e. The Labute approximate surface area is 204 Å². The fourth-order valence-corrected chi connectivity index (χ4v) is 3.67. The first-order valence-corrected chi connectivity index (χ1v) is 10.9. The van der Waals surface area contributed by atoms with Crippen LogP contribution in [0.3, 0.4) is 0 Å². The number of alkyl halides is 3. The molecule has 1 heterocycles. The van der Waals surface area contributed by atoms with Crippen LogP contribution in [0.4, 0.5) is 13.2 Å². The molecule has 0 N–H and O–H groups in total. The molecule has 0 fully saturated rings. The molecule has 36 heavy (non-hydrogen) atoms. The Hall–Kier alpha value is -4.51. The van der Waals surface area contributed by atoms with Gasteiger partial charge in [-0.3, -0.25) is 4.79 Å². The Morgan fingerprint density at radius 3 is 2.44 bits per heavy atom. The number of fused-ring (bicyclic) bond motifs is 1. The number of ether oxygens (including phenoxy) is 2. The predicted molar refractivity (Wildman–Crippen MR) is 131 cm³/mol. The van der Waals surface area contributed by atoms with E-state index in [4.69, 9.17) is 19.2 Å². The molecule has 0 aliphatic carbocycles. The van der Waals surface area contributed by atoms with Crippen molar-refractivity contribution in [3.05, 3.63) is 93.8 Å². The zero-order chi connectivity index (χ0) is 25.7. The van der Waals surface area contributed by atoms with Crippen LogP contribution in [0.25, 0.3) is 34.2 Å². The van der Waals surface area contributed by atoms with Crippen molar-refractivity contribution in [3.8, 4) is 28.7 Å². The van der Waals surface area contributed by atoms with Gasteiger partial charge in [0.2, 0.25) is 5.43 Å². The molecule has 5 nitrogen and oxygen atoms in total. The molecule has 4 aromatic rings. The molecule has 8 heteroatoms. The van der Waals surface area contributed by atoms with Gasteiger partial charge in [-0.05, 0) is 48.0 Å². The highest BCUT2D eigenvalue weighted by Crippen LogP contribution is 2.34. The molecule has 0 saturated carbocycles. The zero-order valence-electron chi connectivity index (χ0n) is 19.1. The monoisotopic (exact) mass is 491 g/mol. The number of hydrogen-bond donors (Lipinski definition) is 0. The lowest BCUT2D eigenvalue weighted by Gasteiger charge is -2.14. The van der Waals surface area contributed by atoms with E-state index < -0.39 is 19.2 Å². The van der Waals surface area contributed by atoms with Crippen molar-refractivity contribution < 1.29 is 27.1 Å². The van der Waals surface area contributed by atoms with Crippen LogP contribution >= 0.6 is 0 Å². The Morgan fingerprint density at radius 2 is 1.75 bits per heavy atom. The van der Waals surface area contributed by atoms with Crippen molar-refractivity contribution >= 4 is 23.1 Å². The van der Waals surface area contributed by atoms with Gasteiger partial charge in [-0.25, -0.2) is 0 Å². The Balaban J connectivity index is 1.81. The Morgan fingerprint density at radius 1 is 1.00 bits per heavy atom. The zero-order valence-corrected chi connectivity index (χ0v) is 19.1. The minimum atomic E-state index is -4.36. The van der Waals surface area contributed by atoms with E-state index in [1.54, 1.807) is 78.9 Å². The fraction of sp³-hybridized carbons (Fsp3) is 0.143. The van der Waals surface area contributed by atoms with Gasteiger partial charge in [0.05, 0.1) is 42.7 Å². The number of benzene rings is 3. The third kappa shape index (κ3) is 5.41. The van der Waals surface area contributed by atoms with Gasteiger partial charge in [0, 0.05) is 5.56 Å². The number of rotatable bonds is 7. The number of halogens is 3. The summed E-state index contributed by atoms with van der Waals surface area (Å²) < 4.78 is 54.7. The van der Waals surface area contributed by atoms with E-state index >= 15 is 0 Å². The SMILES string of the molecule is COc1cccc(/C=C/c2oc3ccccc3c(=O)c2-c2ccc(C#N)cc2)c1OCCC(F)(F)F. The highest BCUT2D eigenvalue weighted by Gasteiger charge is 2.27. The lowest BCUT2D eigenvalue weighted by molar-refractivity contribution is -0.139. The summed E-state index contributed by atoms with van der Waals surface area (Å²) in [7, 11) is 1.39. The first-order valence-electron chi connectivity index (χ1n) is 10.9. The standard InChI is InChI=1S/C28H20F3NO4/c1-34-24-8-4-5-20(27(24)35-16-15-28(29,30)31)13-14-23-25(19-11-9-18(17-32)10-12-19)26(33)21-6-2-3-7-22(21)36-23/h2-14H,15-16H2,1H3/b14-13+. The highest BCUT2D eigenvalue weighted by atomic mass is 19.4. The Kier molecular flexibility index (Phi) is 7.11. The van der Waals surface area contributed by atoms with Crippen LogP contribution in [0.1, 0.15) is 23.3 Å². The molecule has 0 saturated heterocycles. The molecule has 3 aromatic carbocycles. The first kappa shape index (κ1) is 24.6. The predicted octanol–water partition coefficient (Wildman–Crippen LogP) is 6.84. The molecule has 0 amide bonds. The summed E-state index contributed by atoms with van der Waals surface area (Å²) in [5.41, 5.74) is 1.86. The third-order valence-corrected chi connectivity index (χ3v) is 5.40. The third-order valence-electron chi connectivity index (χ3n) is 5.40. The molecule has 0 unspecified atom stereocenters. The van der Waals surface area contributed by atoms with Gasteiger partial charge >= 0.3 is 6.18 Å². The molecule has 0 atom stereocenters. The summed E-state index contributed by atoms with van der Waals surface area (Å²) in [5, 5.41) is 9.50. The maximum absolute atomic E-state index is 13.4. The van der Waals surface area contributed by atoms with Crippen molar-refractivity contribution in [2.75, 3.05) is 13.7 Å². The second kappa shape index (κ2) is 10.4. The van der Waals surface area contributed by atoms with E-state index in [0.717, 1.165) is 0 Å². The van der Waals surface area contributed by atoms with Crippen molar-refractivity contribution in [2.24, 2.45) is 0 Å². The lowest BCUT2D eigenvalue weighted by atomic mass is 10.00. The second-order valence-corrected chi connectivity index (χ2v) is 7.78. The van der Waals surface area contributed by atoms with Crippen LogP contribution in [0.15, 0.2) is 75.9 Å². The highest BCUT2D eigenvalue weighted by molar-refractivity contribution is 5.87. The number of nitriles is 1. The number of methoxy groups -OCH3 is 1. The van der Waals surface area contributed by atoms with Crippen LogP contribution in [0, 0.1) is 11.3 Å². The van der Waals surface area contributed by atoms with E-state index in [9.17, 15) is 18.0 Å². The molecule has 1 aromatic heterocycles. The van der Waals surface area contributed by atoms with Gasteiger partial charge in [-0.15, -0.1) is 0 Å². The molecule has 182 valence electrons. The maximum atomic E-state index is 13.4. The van der Waals surface area contributed by atoms with Crippen LogP contribution in [-0.2, 0) is 0 Å². The van der Waals surface area contributed by atoms with Crippen LogP contribution in [0.2, 0.25) is 0 Å². The van der Waals surface area contributed by atoms with Gasteiger partial charge in [-0.1, -0.05) is 36.4 Å². The van der Waals surface area contributed by atoms with Crippen LogP contribution in [-0.4, -0.2) is 19.9 Å². The Bertz CT molecular complexity index is 1510. The summed E-state index contributed by atoms with van der Waals surface area (Å²) in [5.74, 6) is 0.655. The van der Waals surface area contributed by atoms with E-state index in [0.29, 0.717) is 27.7 Å². The molecular formula is C28H20F3NO4. The van der Waals surface area contributed by atoms with E-state index in [1.807, 2.05) is 6.07 Å². The summed E-state index contributed by atoms with van der Waals surface area (Å²) in [4.78, 5) is 13.4. The minimum Gasteiger partial charge on any atom is -0.493 e. The van der Waals surface area contributed by atoms with Gasteiger partial charge in [-0.2, -0.15) is 18.4 Å². The minimum absolute atomic E-state index is 0.142. The average molecular weight is 491 g/mol. The van der Waals surface area contributed by atoms with Crippen molar-refractivity contribution in [1.82, 2.24) is 0 Å². The van der Waals surface area contributed by atoms with E-state index in [2.05, 4.69) is 0 Å². The summed E-state index contributed by atoms with van der Waals surface area (Å²) in [6, 6.07) is 20.3. The lowest BCUT2D eigenvalue weighted by Crippen LogP contribution is -2.13. The molecule has 0 aliphatic heterocycles. The molecular weight excluding hydrogens is 471 g/mol. The summed E-state index contributed by atoms with van der Waals surface area (Å²) in [6.07, 6.45) is -2.32. The quantitative estimate of drug-likeness (QED) is 0.283. The number of para-hydroxylation sites is 2. The smallest absolute Gasteiger partial charge is 0.392 e. The van der Waals surface area contributed by atoms with Crippen molar-refractivity contribution in [2.45, 2.75) is 12.6 Å². The molecule has 0 radical (unpaired) electrons. The van der Waals surface area contributed by atoms with Gasteiger partial charge in [0.15, 0.2) is 11.5 Å². The molecule has 4 rings (SSSR count). The van der Waals surface area contributed by atoms with E-state index in [1.165, 1.54) is 7.11 Å². The molecule has 0 aliphatic rings. The van der Waals surface area contributed by atoms with Crippen molar-refractivity contribution in [3.63, 3.8) is 0 Å². The topological polar surface area (TPSA) is 72.5 Å². The average Bonchev–Trinajstić information content (AvgIpc) is 2.87. The van der Waals surface area contributed by atoms with Crippen LogP contribution < -0.4 is 14.9 Å². The molecule has 0 bridgehead atoms. The second-order valence-electron chi connectivity index (χ2n) is 7.78. The first-order chi connectivity index (χ1) is 17.3. The van der Waals surface area contributed by atoms with Crippen molar-refractivity contribution in [1.29, 1.82) is 5.26 Å². The molecule has 0 spiro atoms. The van der Waals surface area contributed by atoms with Gasteiger partial charge < -0.3 is 13.9 Å². The largest absolute Gasteiger partial charge is 0.493 e. The van der Waals surface area contributed by atoms with Crippen LogP contribution in [0.5, 0.6) is 11.5 Å².